The summed E-state index contributed by atoms with van der Waals surface area (Å²) in [5.74, 6) is 0. The first-order chi connectivity index (χ1) is 13.1. The lowest BCUT2D eigenvalue weighted by Gasteiger charge is -2.25. The highest BCUT2D eigenvalue weighted by Crippen LogP contribution is 2.26. The van der Waals surface area contributed by atoms with Crippen molar-refractivity contribution in [2.45, 2.75) is 57.0 Å². The molecule has 146 valence electrons. The van der Waals surface area contributed by atoms with Crippen LogP contribution in [0.25, 0.3) is 0 Å². The molecule has 0 heterocycles. The van der Waals surface area contributed by atoms with Gasteiger partial charge >= 0.3 is 0 Å². The van der Waals surface area contributed by atoms with Crippen molar-refractivity contribution in [1.82, 2.24) is 0 Å². The fraction of sp³-hybridized carbons (Fsp3) is 0.478. The van der Waals surface area contributed by atoms with Crippen molar-refractivity contribution in [1.29, 1.82) is 0 Å². The van der Waals surface area contributed by atoms with Crippen LogP contribution in [0.5, 0.6) is 0 Å². The van der Waals surface area contributed by atoms with E-state index in [4.69, 9.17) is 4.74 Å². The average molecular weight is 371 g/mol. The van der Waals surface area contributed by atoms with E-state index in [0.717, 1.165) is 36.8 Å². The van der Waals surface area contributed by atoms with Crippen molar-refractivity contribution < 1.29 is 20.3 Å². The van der Waals surface area contributed by atoms with Crippen LogP contribution in [0, 0.1) is 6.92 Å². The van der Waals surface area contributed by atoms with Gasteiger partial charge in [-0.05, 0) is 30.9 Å². The van der Waals surface area contributed by atoms with E-state index in [1.807, 2.05) is 18.2 Å². The summed E-state index contributed by atoms with van der Waals surface area (Å²) in [6.45, 7) is 3.02. The molecule has 4 heteroatoms. The molecule has 0 saturated heterocycles. The molecule has 0 bridgehead atoms. The van der Waals surface area contributed by atoms with E-state index in [9.17, 15) is 10.2 Å². The number of hydrogen-bond donors (Lipinski definition) is 3. The van der Waals surface area contributed by atoms with Gasteiger partial charge in [-0.3, -0.25) is 0 Å². The van der Waals surface area contributed by atoms with Crippen LogP contribution in [0.3, 0.4) is 0 Å². The summed E-state index contributed by atoms with van der Waals surface area (Å²) >= 11 is 0. The van der Waals surface area contributed by atoms with Crippen molar-refractivity contribution in [2.75, 3.05) is 13.2 Å². The number of hydrogen-bond acceptors (Lipinski definition) is 3. The number of rotatable bonds is 8. The Bertz CT molecular complexity index is 666. The lowest BCUT2D eigenvalue weighted by atomic mass is 9.93. The van der Waals surface area contributed by atoms with Crippen molar-refractivity contribution in [3.63, 3.8) is 0 Å². The number of quaternary nitrogens is 1. The van der Waals surface area contributed by atoms with Crippen LogP contribution in [0.1, 0.15) is 48.5 Å². The first kappa shape index (κ1) is 20.0. The van der Waals surface area contributed by atoms with Crippen LogP contribution < -0.4 is 5.32 Å². The van der Waals surface area contributed by atoms with Gasteiger partial charge in [0.05, 0.1) is 18.8 Å². The Hall–Kier alpha value is -1.72. The summed E-state index contributed by atoms with van der Waals surface area (Å²) in [6.07, 6.45) is 2.97. The van der Waals surface area contributed by atoms with Gasteiger partial charge in [-0.25, -0.2) is 0 Å². The molecule has 4 N–H and O–H groups in total. The van der Waals surface area contributed by atoms with Gasteiger partial charge in [-0.1, -0.05) is 60.2 Å². The van der Waals surface area contributed by atoms with Gasteiger partial charge in [0.2, 0.25) is 0 Å². The van der Waals surface area contributed by atoms with Crippen LogP contribution >= 0.6 is 0 Å². The molecule has 1 saturated carbocycles. The molecule has 2 atom stereocenters. The summed E-state index contributed by atoms with van der Waals surface area (Å²) in [4.78, 5) is 0. The summed E-state index contributed by atoms with van der Waals surface area (Å²) in [5, 5.41) is 22.2. The Morgan fingerprint density at radius 2 is 1.59 bits per heavy atom. The first-order valence-corrected chi connectivity index (χ1v) is 10.0. The molecular formula is C23H32NO3+. The third-order valence-electron chi connectivity index (χ3n) is 5.42. The molecule has 0 spiro atoms. The fourth-order valence-electron chi connectivity index (χ4n) is 3.72. The molecule has 0 aromatic heterocycles. The van der Waals surface area contributed by atoms with Crippen molar-refractivity contribution >= 4 is 0 Å². The maximum absolute atomic E-state index is 10.4. The predicted octanol–water partition coefficient (Wildman–Crippen LogP) is 2.33. The van der Waals surface area contributed by atoms with Crippen LogP contribution in [0.4, 0.5) is 0 Å². The largest absolute Gasteiger partial charge is 0.393 e. The molecule has 0 unspecified atom stereocenters. The van der Waals surface area contributed by atoms with Crippen molar-refractivity contribution in [2.24, 2.45) is 0 Å². The second-order valence-corrected chi connectivity index (χ2v) is 7.73. The third kappa shape index (κ3) is 6.15. The molecule has 27 heavy (non-hydrogen) atoms. The molecule has 3 rings (SSSR count). The fourth-order valence-corrected chi connectivity index (χ4v) is 3.72. The van der Waals surface area contributed by atoms with Gasteiger partial charge in [-0.15, -0.1) is 0 Å². The number of aliphatic hydroxyl groups is 2. The Kier molecular flexibility index (Phi) is 7.41. The molecule has 1 aliphatic rings. The van der Waals surface area contributed by atoms with E-state index in [0.29, 0.717) is 19.2 Å². The molecule has 0 amide bonds. The Morgan fingerprint density at radius 1 is 0.963 bits per heavy atom. The molecule has 0 aliphatic heterocycles. The smallest absolute Gasteiger partial charge is 0.126 e. The number of nitrogens with two attached hydrogens (primary N) is 1. The van der Waals surface area contributed by atoms with Crippen LogP contribution in [0.15, 0.2) is 54.6 Å². The van der Waals surface area contributed by atoms with Crippen LogP contribution in [-0.4, -0.2) is 41.6 Å². The van der Waals surface area contributed by atoms with Crippen LogP contribution in [-0.2, 0) is 4.74 Å². The lowest BCUT2D eigenvalue weighted by Crippen LogP contribution is -2.92. The Morgan fingerprint density at radius 3 is 2.26 bits per heavy atom. The highest BCUT2D eigenvalue weighted by molar-refractivity contribution is 5.31. The molecular weight excluding hydrogens is 338 g/mol. The highest BCUT2D eigenvalue weighted by Gasteiger charge is 2.23. The lowest BCUT2D eigenvalue weighted by molar-refractivity contribution is -0.697. The molecule has 2 aromatic carbocycles. The van der Waals surface area contributed by atoms with Gasteiger partial charge in [-0.2, -0.15) is 0 Å². The topological polar surface area (TPSA) is 66.3 Å². The van der Waals surface area contributed by atoms with Crippen molar-refractivity contribution in [3.05, 3.63) is 71.3 Å². The Balaban J connectivity index is 1.55. The second kappa shape index (κ2) is 10.00. The Labute approximate surface area is 162 Å². The quantitative estimate of drug-likeness (QED) is 0.668. The summed E-state index contributed by atoms with van der Waals surface area (Å²) in [7, 11) is 0. The second-order valence-electron chi connectivity index (χ2n) is 7.73. The number of ether oxygens (including phenoxy) is 1. The van der Waals surface area contributed by atoms with E-state index >= 15 is 0 Å². The van der Waals surface area contributed by atoms with Crippen molar-refractivity contribution in [3.8, 4) is 0 Å². The van der Waals surface area contributed by atoms with E-state index in [-0.39, 0.29) is 12.2 Å². The maximum Gasteiger partial charge on any atom is 0.126 e. The van der Waals surface area contributed by atoms with Gasteiger partial charge < -0.3 is 20.3 Å². The predicted molar refractivity (Wildman–Crippen MR) is 106 cm³/mol. The molecule has 0 radical (unpaired) electrons. The monoisotopic (exact) mass is 370 g/mol. The minimum atomic E-state index is -0.506. The van der Waals surface area contributed by atoms with Crippen LogP contribution in [0.2, 0.25) is 0 Å². The summed E-state index contributed by atoms with van der Waals surface area (Å²) in [6, 6.07) is 19.0. The van der Waals surface area contributed by atoms with Gasteiger partial charge in [0.1, 0.15) is 18.8 Å². The van der Waals surface area contributed by atoms with Gasteiger partial charge in [0.25, 0.3) is 0 Å². The zero-order valence-corrected chi connectivity index (χ0v) is 16.1. The molecule has 4 nitrogen and oxygen atoms in total. The normalized spacial score (nSPS) is 22.3. The maximum atomic E-state index is 10.4. The standard InChI is InChI=1S/C23H31NO3/c1-17-7-9-19(10-8-17)23(18-5-3-2-4-6-18)27-16-22(26)15-24-20-11-13-21(25)14-12-20/h2-10,20-26H,11-16H2,1H3/p+1/t20?,21?,22-,23+/m1/s1. The number of aliphatic hydroxyl groups excluding tert-OH is 2. The minimum Gasteiger partial charge on any atom is -0.393 e. The summed E-state index contributed by atoms with van der Waals surface area (Å²) < 4.78 is 6.16. The highest BCUT2D eigenvalue weighted by atomic mass is 16.5. The average Bonchev–Trinajstić information content (AvgIpc) is 2.70. The van der Waals surface area contributed by atoms with E-state index in [2.05, 4.69) is 48.6 Å². The third-order valence-corrected chi connectivity index (χ3v) is 5.42. The zero-order valence-electron chi connectivity index (χ0n) is 16.1. The SMILES string of the molecule is Cc1ccc([C@@H](OC[C@H](O)C[NH2+]C2CCC(O)CC2)c2ccccc2)cc1. The number of aryl methyl sites for hydroxylation is 1. The summed E-state index contributed by atoms with van der Waals surface area (Å²) in [5.41, 5.74) is 3.42. The molecule has 1 aliphatic carbocycles. The first-order valence-electron chi connectivity index (χ1n) is 10.0. The zero-order chi connectivity index (χ0) is 19.1. The van der Waals surface area contributed by atoms with E-state index in [1.54, 1.807) is 0 Å². The van der Waals surface area contributed by atoms with E-state index < -0.39 is 6.10 Å². The molecule has 1 fully saturated rings. The number of benzene rings is 2. The van der Waals surface area contributed by atoms with E-state index in [1.165, 1.54) is 5.56 Å². The molecule has 2 aromatic rings. The van der Waals surface area contributed by atoms with Gasteiger partial charge in [0.15, 0.2) is 0 Å². The minimum absolute atomic E-state index is 0.135. The van der Waals surface area contributed by atoms with Gasteiger partial charge in [0, 0.05) is 12.8 Å².